The highest BCUT2D eigenvalue weighted by atomic mass is 16.3. The summed E-state index contributed by atoms with van der Waals surface area (Å²) in [7, 11) is 0. The van der Waals surface area contributed by atoms with Gasteiger partial charge in [0.2, 0.25) is 0 Å². The van der Waals surface area contributed by atoms with Gasteiger partial charge in [0.05, 0.1) is 6.26 Å². The van der Waals surface area contributed by atoms with Crippen LogP contribution in [0.1, 0.15) is 38.2 Å². The molecule has 0 aliphatic rings. The molecule has 1 nitrogen and oxygen atoms in total. The SMILES string of the molecule is CCCCCC#Cc1ccc(-c2ccc3occc3c2)cc1. The Bertz CT molecular complexity index is 797. The predicted molar refractivity (Wildman–Crippen MR) is 92.7 cm³/mol. The van der Waals surface area contributed by atoms with Gasteiger partial charge in [0, 0.05) is 17.4 Å². The average Bonchev–Trinajstić information content (AvgIpc) is 3.03. The van der Waals surface area contributed by atoms with Crippen LogP contribution in [0.25, 0.3) is 22.1 Å². The third-order valence-corrected chi connectivity index (χ3v) is 3.81. The van der Waals surface area contributed by atoms with E-state index >= 15 is 0 Å². The predicted octanol–water partition coefficient (Wildman–Crippen LogP) is 6.03. The summed E-state index contributed by atoms with van der Waals surface area (Å²) in [6.07, 6.45) is 6.44. The zero-order valence-corrected chi connectivity index (χ0v) is 12.9. The Morgan fingerprint density at radius 1 is 0.909 bits per heavy atom. The van der Waals surface area contributed by atoms with Gasteiger partial charge in [-0.3, -0.25) is 0 Å². The Morgan fingerprint density at radius 2 is 1.73 bits per heavy atom. The lowest BCUT2D eigenvalue weighted by Gasteiger charge is -2.02. The van der Waals surface area contributed by atoms with Crippen LogP contribution < -0.4 is 0 Å². The van der Waals surface area contributed by atoms with E-state index in [1.54, 1.807) is 6.26 Å². The van der Waals surface area contributed by atoms with Gasteiger partial charge in [-0.2, -0.15) is 0 Å². The van der Waals surface area contributed by atoms with Crippen LogP contribution in [0.2, 0.25) is 0 Å². The van der Waals surface area contributed by atoms with Crippen LogP contribution >= 0.6 is 0 Å². The van der Waals surface area contributed by atoms with Crippen molar-refractivity contribution in [1.82, 2.24) is 0 Å². The molecule has 0 fully saturated rings. The van der Waals surface area contributed by atoms with E-state index in [1.165, 1.54) is 30.4 Å². The van der Waals surface area contributed by atoms with Crippen LogP contribution in [-0.4, -0.2) is 0 Å². The van der Waals surface area contributed by atoms with Gasteiger partial charge in [-0.25, -0.2) is 0 Å². The summed E-state index contributed by atoms with van der Waals surface area (Å²) in [6.45, 7) is 2.22. The minimum atomic E-state index is 0.929. The molecule has 1 heteroatoms. The highest BCUT2D eigenvalue weighted by Crippen LogP contribution is 2.25. The van der Waals surface area contributed by atoms with E-state index in [4.69, 9.17) is 4.42 Å². The Kier molecular flexibility index (Phi) is 4.61. The maximum atomic E-state index is 5.38. The van der Waals surface area contributed by atoms with Gasteiger partial charge in [-0.05, 0) is 47.9 Å². The monoisotopic (exact) mass is 288 g/mol. The van der Waals surface area contributed by atoms with Crippen molar-refractivity contribution in [3.05, 3.63) is 60.4 Å². The molecular formula is C21H20O. The fourth-order valence-electron chi connectivity index (χ4n) is 2.52. The number of benzene rings is 2. The maximum absolute atomic E-state index is 5.38. The molecule has 0 bridgehead atoms. The molecule has 1 aromatic heterocycles. The number of furan rings is 1. The molecule has 0 aliphatic heterocycles. The average molecular weight is 288 g/mol. The van der Waals surface area contributed by atoms with E-state index < -0.39 is 0 Å². The summed E-state index contributed by atoms with van der Waals surface area (Å²) in [6, 6.07) is 16.7. The quantitative estimate of drug-likeness (QED) is 0.422. The third kappa shape index (κ3) is 3.40. The van der Waals surface area contributed by atoms with Gasteiger partial charge in [0.25, 0.3) is 0 Å². The summed E-state index contributed by atoms with van der Waals surface area (Å²) >= 11 is 0. The molecule has 3 rings (SSSR count). The molecule has 0 saturated heterocycles. The molecule has 2 aromatic carbocycles. The van der Waals surface area contributed by atoms with Crippen LogP contribution in [0.4, 0.5) is 0 Å². The van der Waals surface area contributed by atoms with Crippen molar-refractivity contribution in [3.8, 4) is 23.0 Å². The first-order chi connectivity index (χ1) is 10.9. The zero-order chi connectivity index (χ0) is 15.2. The van der Waals surface area contributed by atoms with Crippen molar-refractivity contribution in [3.63, 3.8) is 0 Å². The van der Waals surface area contributed by atoms with Gasteiger partial charge < -0.3 is 4.42 Å². The minimum absolute atomic E-state index is 0.929. The molecule has 1 heterocycles. The van der Waals surface area contributed by atoms with Gasteiger partial charge >= 0.3 is 0 Å². The molecule has 110 valence electrons. The van der Waals surface area contributed by atoms with Crippen LogP contribution in [-0.2, 0) is 0 Å². The van der Waals surface area contributed by atoms with Gasteiger partial charge in [-0.15, -0.1) is 0 Å². The fraction of sp³-hybridized carbons (Fsp3) is 0.238. The molecule has 0 saturated carbocycles. The van der Waals surface area contributed by atoms with E-state index in [-0.39, 0.29) is 0 Å². The van der Waals surface area contributed by atoms with E-state index in [9.17, 15) is 0 Å². The van der Waals surface area contributed by atoms with Crippen LogP contribution in [0, 0.1) is 11.8 Å². The summed E-state index contributed by atoms with van der Waals surface area (Å²) in [5.41, 5.74) is 4.43. The normalized spacial score (nSPS) is 10.4. The molecule has 22 heavy (non-hydrogen) atoms. The van der Waals surface area contributed by atoms with E-state index in [1.807, 2.05) is 12.1 Å². The second-order valence-electron chi connectivity index (χ2n) is 5.51. The summed E-state index contributed by atoms with van der Waals surface area (Å²) in [5, 5.41) is 1.14. The van der Waals surface area contributed by atoms with Gasteiger partial charge in [0.15, 0.2) is 0 Å². The highest BCUT2D eigenvalue weighted by molar-refractivity contribution is 5.83. The summed E-state index contributed by atoms with van der Waals surface area (Å²) < 4.78 is 5.38. The van der Waals surface area contributed by atoms with Crippen LogP contribution in [0.15, 0.2) is 59.2 Å². The second-order valence-corrected chi connectivity index (χ2v) is 5.51. The zero-order valence-electron chi connectivity index (χ0n) is 12.9. The van der Waals surface area contributed by atoms with Crippen molar-refractivity contribution < 1.29 is 4.42 Å². The number of fused-ring (bicyclic) bond motifs is 1. The van der Waals surface area contributed by atoms with E-state index in [0.717, 1.165) is 23.0 Å². The minimum Gasteiger partial charge on any atom is -0.464 e. The van der Waals surface area contributed by atoms with Crippen LogP contribution in [0.3, 0.4) is 0 Å². The number of unbranched alkanes of at least 4 members (excludes halogenated alkanes) is 3. The molecule has 0 spiro atoms. The number of rotatable bonds is 4. The van der Waals surface area contributed by atoms with Crippen LogP contribution in [0.5, 0.6) is 0 Å². The number of hydrogen-bond acceptors (Lipinski definition) is 1. The van der Waals surface area contributed by atoms with Gasteiger partial charge in [0.1, 0.15) is 5.58 Å². The maximum Gasteiger partial charge on any atom is 0.133 e. The third-order valence-electron chi connectivity index (χ3n) is 3.81. The lowest BCUT2D eigenvalue weighted by atomic mass is 10.0. The Hall–Kier alpha value is -2.46. The van der Waals surface area contributed by atoms with E-state index in [0.29, 0.717) is 0 Å². The lowest BCUT2D eigenvalue weighted by Crippen LogP contribution is -1.79. The highest BCUT2D eigenvalue weighted by Gasteiger charge is 2.01. The molecule has 0 aliphatic carbocycles. The summed E-state index contributed by atoms with van der Waals surface area (Å²) in [5.74, 6) is 6.50. The second kappa shape index (κ2) is 7.00. The number of hydrogen-bond donors (Lipinski definition) is 0. The Morgan fingerprint density at radius 3 is 2.55 bits per heavy atom. The first kappa shape index (κ1) is 14.5. The summed E-state index contributed by atoms with van der Waals surface area (Å²) in [4.78, 5) is 0. The largest absolute Gasteiger partial charge is 0.464 e. The smallest absolute Gasteiger partial charge is 0.133 e. The van der Waals surface area contributed by atoms with Gasteiger partial charge in [-0.1, -0.05) is 49.8 Å². The Balaban J connectivity index is 1.73. The standard InChI is InChI=1S/C21H20O/c1-2-3-4-5-6-7-17-8-10-18(11-9-17)19-12-13-21-20(16-19)14-15-22-21/h8-16H,2-5H2,1H3. The topological polar surface area (TPSA) is 13.1 Å². The van der Waals surface area contributed by atoms with Crippen molar-refractivity contribution >= 4 is 11.0 Å². The molecule has 0 radical (unpaired) electrons. The van der Waals surface area contributed by atoms with Crippen molar-refractivity contribution in [2.24, 2.45) is 0 Å². The molecule has 0 unspecified atom stereocenters. The molecule has 0 atom stereocenters. The fourth-order valence-corrected chi connectivity index (χ4v) is 2.52. The first-order valence-electron chi connectivity index (χ1n) is 7.93. The Labute approximate surface area is 132 Å². The van der Waals surface area contributed by atoms with Crippen molar-refractivity contribution in [2.75, 3.05) is 0 Å². The molecule has 0 amide bonds. The first-order valence-corrected chi connectivity index (χ1v) is 7.93. The molecular weight excluding hydrogens is 268 g/mol. The molecule has 0 N–H and O–H groups in total. The molecule has 3 aromatic rings. The lowest BCUT2D eigenvalue weighted by molar-refractivity contribution is 0.616. The van der Waals surface area contributed by atoms with Crippen molar-refractivity contribution in [2.45, 2.75) is 32.6 Å². The van der Waals surface area contributed by atoms with Crippen molar-refractivity contribution in [1.29, 1.82) is 0 Å². The van der Waals surface area contributed by atoms with E-state index in [2.05, 4.69) is 55.2 Å².